The topological polar surface area (TPSA) is 71.0 Å². The Morgan fingerprint density at radius 2 is 0.789 bits per heavy atom. The van der Waals surface area contributed by atoms with Crippen LogP contribution in [0.3, 0.4) is 0 Å². The smallest absolute Gasteiger partial charge is 0.164 e. The second-order valence-electron chi connectivity index (χ2n) is 11.5. The predicted molar refractivity (Wildman–Crippen MR) is 164 cm³/mol. The zero-order valence-corrected chi connectivity index (χ0v) is 26.0. The Balaban J connectivity index is 3.73. The first-order chi connectivity index (χ1) is 18.6. The number of unbranched alkanes of at least 4 members (excludes halogenated alkanes) is 22. The van der Waals surface area contributed by atoms with E-state index in [4.69, 9.17) is 9.47 Å². The molecule has 0 saturated carbocycles. The molecule has 0 spiro atoms. The molecule has 0 aromatic heterocycles. The summed E-state index contributed by atoms with van der Waals surface area (Å²) in [6.45, 7) is 8.08. The zero-order valence-electron chi connectivity index (χ0n) is 26.0. The molecule has 2 atom stereocenters. The Morgan fingerprint density at radius 1 is 0.474 bits per heavy atom. The zero-order chi connectivity index (χ0) is 27.9. The number of aliphatic hydroxyl groups excluding tert-OH is 1. The van der Waals surface area contributed by atoms with Crippen LogP contribution in [-0.4, -0.2) is 48.6 Å². The fourth-order valence-corrected chi connectivity index (χ4v) is 5.03. The molecule has 0 saturated heterocycles. The van der Waals surface area contributed by atoms with Gasteiger partial charge in [0.1, 0.15) is 6.23 Å². The first-order valence-corrected chi connectivity index (χ1v) is 16.9. The highest BCUT2D eigenvalue weighted by molar-refractivity contribution is 4.65. The van der Waals surface area contributed by atoms with Crippen LogP contribution >= 0.6 is 0 Å². The molecule has 0 aromatic carbocycles. The molecule has 0 aromatic rings. The van der Waals surface area contributed by atoms with Gasteiger partial charge in [0, 0.05) is 19.8 Å². The summed E-state index contributed by atoms with van der Waals surface area (Å²) in [6.07, 6.45) is 30.2. The summed E-state index contributed by atoms with van der Waals surface area (Å²) in [5.41, 5.74) is 0. The SMILES string of the molecule is CCCCCCCCCCCCCCOC(C)C(NCC(O)O)OCCCCCCCCCCCCCC. The van der Waals surface area contributed by atoms with Crippen molar-refractivity contribution >= 4 is 0 Å². The number of rotatable bonds is 32. The van der Waals surface area contributed by atoms with Gasteiger partial charge in [-0.25, -0.2) is 0 Å². The van der Waals surface area contributed by atoms with Gasteiger partial charge in [0.15, 0.2) is 6.29 Å². The number of aliphatic hydroxyl groups is 2. The summed E-state index contributed by atoms with van der Waals surface area (Å²) in [5, 5.41) is 21.6. The van der Waals surface area contributed by atoms with Crippen molar-refractivity contribution in [2.75, 3.05) is 19.8 Å². The minimum absolute atomic E-state index is 0.0927. The Morgan fingerprint density at radius 3 is 1.13 bits per heavy atom. The van der Waals surface area contributed by atoms with E-state index < -0.39 is 6.29 Å². The number of hydrogen-bond donors (Lipinski definition) is 3. The highest BCUT2D eigenvalue weighted by atomic mass is 16.5. The minimum atomic E-state index is -1.38. The second kappa shape index (κ2) is 31.3. The monoisotopic (exact) mass is 544 g/mol. The maximum absolute atomic E-state index is 9.26. The lowest BCUT2D eigenvalue weighted by Crippen LogP contribution is -2.45. The van der Waals surface area contributed by atoms with Gasteiger partial charge in [-0.1, -0.05) is 155 Å². The molecule has 38 heavy (non-hydrogen) atoms. The van der Waals surface area contributed by atoms with E-state index in [0.717, 1.165) is 19.4 Å². The summed E-state index contributed by atoms with van der Waals surface area (Å²) >= 11 is 0. The average Bonchev–Trinajstić information content (AvgIpc) is 2.90. The molecule has 3 N–H and O–H groups in total. The van der Waals surface area contributed by atoms with Gasteiger partial charge >= 0.3 is 0 Å². The van der Waals surface area contributed by atoms with Crippen molar-refractivity contribution in [2.24, 2.45) is 0 Å². The fraction of sp³-hybridized carbons (Fsp3) is 1.00. The van der Waals surface area contributed by atoms with Crippen molar-refractivity contribution in [3.63, 3.8) is 0 Å². The summed E-state index contributed by atoms with van der Waals surface area (Å²) in [4.78, 5) is 0. The fourth-order valence-electron chi connectivity index (χ4n) is 5.03. The van der Waals surface area contributed by atoms with Crippen LogP contribution in [0.4, 0.5) is 0 Å². The third kappa shape index (κ3) is 28.8. The van der Waals surface area contributed by atoms with Crippen LogP contribution in [-0.2, 0) is 9.47 Å². The van der Waals surface area contributed by atoms with E-state index in [0.29, 0.717) is 6.61 Å². The van der Waals surface area contributed by atoms with Crippen molar-refractivity contribution in [2.45, 2.75) is 193 Å². The van der Waals surface area contributed by atoms with Crippen LogP contribution in [0.5, 0.6) is 0 Å². The predicted octanol–water partition coefficient (Wildman–Crippen LogP) is 9.04. The molecule has 0 radical (unpaired) electrons. The molecule has 0 aliphatic rings. The average molecular weight is 544 g/mol. The van der Waals surface area contributed by atoms with Gasteiger partial charge in [-0.15, -0.1) is 0 Å². The molecule has 0 bridgehead atoms. The van der Waals surface area contributed by atoms with E-state index in [-0.39, 0.29) is 18.9 Å². The Labute approximate surface area is 238 Å². The molecule has 0 rings (SSSR count). The van der Waals surface area contributed by atoms with Gasteiger partial charge in [-0.05, 0) is 19.8 Å². The molecule has 2 unspecified atom stereocenters. The van der Waals surface area contributed by atoms with Gasteiger partial charge < -0.3 is 19.7 Å². The normalized spacial score (nSPS) is 13.4. The van der Waals surface area contributed by atoms with Gasteiger partial charge in [0.2, 0.25) is 0 Å². The minimum Gasteiger partial charge on any atom is -0.374 e. The summed E-state index contributed by atoms with van der Waals surface area (Å²) in [5.74, 6) is 0. The molecule has 230 valence electrons. The lowest BCUT2D eigenvalue weighted by atomic mass is 10.1. The van der Waals surface area contributed by atoms with Gasteiger partial charge in [0.05, 0.1) is 6.10 Å². The molecule has 0 fully saturated rings. The molecule has 5 heteroatoms. The molecule has 0 aliphatic heterocycles. The second-order valence-corrected chi connectivity index (χ2v) is 11.5. The van der Waals surface area contributed by atoms with Crippen LogP contribution in [0.25, 0.3) is 0 Å². The van der Waals surface area contributed by atoms with Crippen LogP contribution in [0.15, 0.2) is 0 Å². The lowest BCUT2D eigenvalue weighted by molar-refractivity contribution is -0.0995. The van der Waals surface area contributed by atoms with Crippen LogP contribution in [0, 0.1) is 0 Å². The molecular formula is C33H69NO4. The highest BCUT2D eigenvalue weighted by Crippen LogP contribution is 2.14. The third-order valence-corrected chi connectivity index (χ3v) is 7.60. The van der Waals surface area contributed by atoms with E-state index in [1.54, 1.807) is 0 Å². The summed E-state index contributed by atoms with van der Waals surface area (Å²) in [6, 6.07) is 0. The molecular weight excluding hydrogens is 474 g/mol. The Bertz CT molecular complexity index is 435. The van der Waals surface area contributed by atoms with Crippen molar-refractivity contribution in [1.29, 1.82) is 0 Å². The van der Waals surface area contributed by atoms with Crippen LogP contribution in [0.1, 0.15) is 175 Å². The number of hydrogen-bond acceptors (Lipinski definition) is 5. The van der Waals surface area contributed by atoms with Crippen molar-refractivity contribution in [3.05, 3.63) is 0 Å². The van der Waals surface area contributed by atoms with E-state index >= 15 is 0 Å². The molecule has 0 amide bonds. The highest BCUT2D eigenvalue weighted by Gasteiger charge is 2.18. The van der Waals surface area contributed by atoms with Gasteiger partial charge in [-0.2, -0.15) is 0 Å². The van der Waals surface area contributed by atoms with Gasteiger partial charge in [0.25, 0.3) is 0 Å². The van der Waals surface area contributed by atoms with Crippen molar-refractivity contribution in [1.82, 2.24) is 5.32 Å². The van der Waals surface area contributed by atoms with E-state index in [1.165, 1.54) is 141 Å². The Hall–Kier alpha value is -0.200. The number of nitrogens with one attached hydrogen (secondary N) is 1. The lowest BCUT2D eigenvalue weighted by Gasteiger charge is -2.26. The van der Waals surface area contributed by atoms with Crippen molar-refractivity contribution < 1.29 is 19.7 Å². The molecule has 0 heterocycles. The van der Waals surface area contributed by atoms with Crippen LogP contribution < -0.4 is 5.32 Å². The first-order valence-electron chi connectivity index (χ1n) is 16.9. The van der Waals surface area contributed by atoms with Crippen molar-refractivity contribution in [3.8, 4) is 0 Å². The Kier molecular flexibility index (Phi) is 31.2. The quantitative estimate of drug-likeness (QED) is 0.0583. The first kappa shape index (κ1) is 37.8. The van der Waals surface area contributed by atoms with E-state index in [9.17, 15) is 10.2 Å². The third-order valence-electron chi connectivity index (χ3n) is 7.60. The maximum Gasteiger partial charge on any atom is 0.164 e. The van der Waals surface area contributed by atoms with Crippen LogP contribution in [0.2, 0.25) is 0 Å². The number of ether oxygens (including phenoxy) is 2. The van der Waals surface area contributed by atoms with E-state index in [1.807, 2.05) is 6.92 Å². The summed E-state index contributed by atoms with van der Waals surface area (Å²) in [7, 11) is 0. The maximum atomic E-state index is 9.26. The standard InChI is InChI=1S/C33H69NO4/c1-4-6-8-10-12-14-16-18-20-22-24-26-28-37-31(3)33(34-30-32(35)36)38-29-27-25-23-21-19-17-15-13-11-9-7-5-2/h31-36H,4-30H2,1-3H3. The molecule has 0 aliphatic carbocycles. The molecule has 5 nitrogen and oxygen atoms in total. The van der Waals surface area contributed by atoms with E-state index in [2.05, 4.69) is 19.2 Å². The summed E-state index contributed by atoms with van der Waals surface area (Å²) < 4.78 is 12.1. The van der Waals surface area contributed by atoms with Gasteiger partial charge in [-0.3, -0.25) is 5.32 Å². The largest absolute Gasteiger partial charge is 0.374 e.